The monoisotopic (exact) mass is 250 g/mol. The number of aromatic nitrogens is 2. The van der Waals surface area contributed by atoms with Gasteiger partial charge in [0.1, 0.15) is 6.10 Å². The van der Waals surface area contributed by atoms with E-state index in [-0.39, 0.29) is 6.10 Å². The number of ether oxygens (including phenoxy) is 1. The molecule has 0 aromatic carbocycles. The molecule has 18 heavy (non-hydrogen) atoms. The molecule has 0 spiro atoms. The quantitative estimate of drug-likeness (QED) is 0.852. The summed E-state index contributed by atoms with van der Waals surface area (Å²) in [6, 6.07) is 2.21. The fraction of sp³-hybridized carbons (Fsp3) is 0.692. The van der Waals surface area contributed by atoms with Gasteiger partial charge in [-0.05, 0) is 46.7 Å². The minimum Gasteiger partial charge on any atom is -0.474 e. The topological polar surface area (TPSA) is 59.1 Å². The van der Waals surface area contributed by atoms with Gasteiger partial charge in [-0.15, -0.1) is 0 Å². The van der Waals surface area contributed by atoms with Gasteiger partial charge in [0, 0.05) is 17.8 Å². The fourth-order valence-corrected chi connectivity index (χ4v) is 2.01. The van der Waals surface area contributed by atoms with E-state index in [1.54, 1.807) is 0 Å². The van der Waals surface area contributed by atoms with Crippen LogP contribution in [0.2, 0.25) is 0 Å². The third-order valence-electron chi connectivity index (χ3n) is 2.82. The molecule has 0 bridgehead atoms. The molecule has 0 amide bonds. The van der Waals surface area contributed by atoms with Gasteiger partial charge in [-0.2, -0.15) is 4.98 Å². The van der Waals surface area contributed by atoms with Crippen LogP contribution in [-0.4, -0.2) is 35.2 Å². The second kappa shape index (κ2) is 6.00. The number of rotatable bonds is 4. The maximum absolute atomic E-state index is 5.93. The molecule has 0 unspecified atom stereocenters. The first-order valence-corrected chi connectivity index (χ1v) is 6.63. The second-order valence-electron chi connectivity index (χ2n) is 5.04. The zero-order valence-electron chi connectivity index (χ0n) is 11.4. The van der Waals surface area contributed by atoms with Crippen LogP contribution in [0.5, 0.6) is 5.88 Å². The highest BCUT2D eigenvalue weighted by atomic mass is 16.5. The molecule has 2 N–H and O–H groups in total. The van der Waals surface area contributed by atoms with Crippen LogP contribution in [0.1, 0.15) is 32.4 Å². The van der Waals surface area contributed by atoms with E-state index < -0.39 is 0 Å². The molecule has 0 radical (unpaired) electrons. The van der Waals surface area contributed by atoms with Crippen LogP contribution < -0.4 is 15.4 Å². The molecule has 1 saturated heterocycles. The molecule has 0 atom stereocenters. The van der Waals surface area contributed by atoms with E-state index in [0.717, 1.165) is 31.6 Å². The lowest BCUT2D eigenvalue weighted by Gasteiger charge is -2.23. The summed E-state index contributed by atoms with van der Waals surface area (Å²) in [6.45, 7) is 8.14. The third kappa shape index (κ3) is 3.84. The number of nitrogens with zero attached hydrogens (tertiary/aromatic N) is 2. The first kappa shape index (κ1) is 13.1. The maximum Gasteiger partial charge on any atom is 0.226 e. The van der Waals surface area contributed by atoms with Gasteiger partial charge < -0.3 is 15.4 Å². The Morgan fingerprint density at radius 3 is 2.72 bits per heavy atom. The van der Waals surface area contributed by atoms with Crippen molar-refractivity contribution in [2.45, 2.75) is 45.8 Å². The molecule has 2 rings (SSSR count). The standard InChI is InChI=1S/C13H22N4O/c1-9(2)15-13-16-10(3)8-12(17-13)18-11-4-6-14-7-5-11/h8-9,11,14H,4-7H2,1-3H3,(H,15,16,17). The van der Waals surface area contributed by atoms with E-state index in [1.165, 1.54) is 0 Å². The predicted molar refractivity (Wildman–Crippen MR) is 72.0 cm³/mol. The summed E-state index contributed by atoms with van der Waals surface area (Å²) >= 11 is 0. The number of aryl methyl sites for hydroxylation is 1. The maximum atomic E-state index is 5.93. The van der Waals surface area contributed by atoms with Crippen molar-refractivity contribution in [3.63, 3.8) is 0 Å². The van der Waals surface area contributed by atoms with Crippen LogP contribution in [-0.2, 0) is 0 Å². The minimum atomic E-state index is 0.271. The molecule has 5 heteroatoms. The fourth-order valence-electron chi connectivity index (χ4n) is 2.01. The van der Waals surface area contributed by atoms with Crippen molar-refractivity contribution in [3.8, 4) is 5.88 Å². The number of hydrogen-bond acceptors (Lipinski definition) is 5. The molecule has 1 aliphatic rings. The molecule has 1 aromatic heterocycles. The van der Waals surface area contributed by atoms with Crippen LogP contribution in [0.15, 0.2) is 6.07 Å². The number of piperidine rings is 1. The van der Waals surface area contributed by atoms with Gasteiger partial charge in [-0.1, -0.05) is 0 Å². The highest BCUT2D eigenvalue weighted by molar-refractivity contribution is 5.31. The molecule has 2 heterocycles. The first-order valence-electron chi connectivity index (χ1n) is 6.63. The molecule has 5 nitrogen and oxygen atoms in total. The largest absolute Gasteiger partial charge is 0.474 e. The van der Waals surface area contributed by atoms with Crippen molar-refractivity contribution >= 4 is 5.95 Å². The summed E-state index contributed by atoms with van der Waals surface area (Å²) in [6.07, 6.45) is 2.35. The summed E-state index contributed by atoms with van der Waals surface area (Å²) in [5.41, 5.74) is 0.928. The van der Waals surface area contributed by atoms with Crippen molar-refractivity contribution in [1.82, 2.24) is 15.3 Å². The Hall–Kier alpha value is -1.36. The van der Waals surface area contributed by atoms with Gasteiger partial charge in [-0.3, -0.25) is 0 Å². The lowest BCUT2D eigenvalue weighted by molar-refractivity contribution is 0.156. The second-order valence-corrected chi connectivity index (χ2v) is 5.04. The molecule has 0 saturated carbocycles. The highest BCUT2D eigenvalue weighted by Gasteiger charge is 2.15. The van der Waals surface area contributed by atoms with Crippen LogP contribution in [0, 0.1) is 6.92 Å². The van der Waals surface area contributed by atoms with Crippen LogP contribution in [0.25, 0.3) is 0 Å². The number of anilines is 1. The Morgan fingerprint density at radius 1 is 1.33 bits per heavy atom. The number of hydrogen-bond donors (Lipinski definition) is 2. The van der Waals surface area contributed by atoms with Crippen LogP contribution in [0.4, 0.5) is 5.95 Å². The van der Waals surface area contributed by atoms with Gasteiger partial charge in [0.15, 0.2) is 0 Å². The summed E-state index contributed by atoms with van der Waals surface area (Å²) in [5.74, 6) is 1.33. The predicted octanol–water partition coefficient (Wildman–Crippen LogP) is 1.74. The van der Waals surface area contributed by atoms with Crippen molar-refractivity contribution in [1.29, 1.82) is 0 Å². The van der Waals surface area contributed by atoms with Gasteiger partial charge in [-0.25, -0.2) is 4.98 Å². The summed E-state index contributed by atoms with van der Waals surface area (Å²) < 4.78 is 5.93. The molecule has 1 aromatic rings. The van der Waals surface area contributed by atoms with Gasteiger partial charge in [0.2, 0.25) is 11.8 Å². The van der Waals surface area contributed by atoms with Crippen LogP contribution in [0.3, 0.4) is 0 Å². The highest BCUT2D eigenvalue weighted by Crippen LogP contribution is 2.17. The van der Waals surface area contributed by atoms with Crippen molar-refractivity contribution < 1.29 is 4.74 Å². The smallest absolute Gasteiger partial charge is 0.226 e. The van der Waals surface area contributed by atoms with Crippen LogP contribution >= 0.6 is 0 Å². The Balaban J connectivity index is 2.04. The van der Waals surface area contributed by atoms with E-state index in [2.05, 4.69) is 34.4 Å². The summed E-state index contributed by atoms with van der Waals surface area (Å²) in [4.78, 5) is 8.76. The zero-order valence-corrected chi connectivity index (χ0v) is 11.4. The Bertz CT molecular complexity index is 389. The molecular weight excluding hydrogens is 228 g/mol. The van der Waals surface area contributed by atoms with E-state index in [0.29, 0.717) is 17.9 Å². The SMILES string of the molecule is Cc1cc(OC2CCNCC2)nc(NC(C)C)n1. The van der Waals surface area contributed by atoms with E-state index in [9.17, 15) is 0 Å². The van der Waals surface area contributed by atoms with Gasteiger partial charge in [0.05, 0.1) is 0 Å². The molecule has 0 aliphatic carbocycles. The Labute approximate surface area is 108 Å². The lowest BCUT2D eigenvalue weighted by Crippen LogP contribution is -2.34. The molecule has 100 valence electrons. The van der Waals surface area contributed by atoms with Gasteiger partial charge in [0.25, 0.3) is 0 Å². The van der Waals surface area contributed by atoms with Crippen molar-refractivity contribution in [2.24, 2.45) is 0 Å². The summed E-state index contributed by atoms with van der Waals surface area (Å²) in [7, 11) is 0. The average Bonchev–Trinajstić information content (AvgIpc) is 2.28. The normalized spacial score (nSPS) is 16.9. The van der Waals surface area contributed by atoms with E-state index in [4.69, 9.17) is 4.74 Å². The molecule has 1 fully saturated rings. The molecular formula is C13H22N4O. The van der Waals surface area contributed by atoms with E-state index >= 15 is 0 Å². The minimum absolute atomic E-state index is 0.271. The summed E-state index contributed by atoms with van der Waals surface area (Å²) in [5, 5.41) is 6.53. The third-order valence-corrected chi connectivity index (χ3v) is 2.82. The lowest BCUT2D eigenvalue weighted by atomic mass is 10.1. The number of nitrogens with one attached hydrogen (secondary N) is 2. The van der Waals surface area contributed by atoms with Crippen molar-refractivity contribution in [3.05, 3.63) is 11.8 Å². The Kier molecular flexibility index (Phi) is 4.36. The van der Waals surface area contributed by atoms with Gasteiger partial charge >= 0.3 is 0 Å². The Morgan fingerprint density at radius 2 is 2.06 bits per heavy atom. The first-order chi connectivity index (χ1) is 8.63. The molecule has 1 aliphatic heterocycles. The van der Waals surface area contributed by atoms with Crippen molar-refractivity contribution in [2.75, 3.05) is 18.4 Å². The van der Waals surface area contributed by atoms with E-state index in [1.807, 2.05) is 13.0 Å². The zero-order chi connectivity index (χ0) is 13.0. The average molecular weight is 250 g/mol.